The molecule has 6 heteroatoms. The predicted octanol–water partition coefficient (Wildman–Crippen LogP) is 3.48. The van der Waals surface area contributed by atoms with Crippen molar-refractivity contribution >= 4 is 11.4 Å². The Morgan fingerprint density at radius 2 is 1.94 bits per heavy atom. The molecule has 1 N–H and O–H groups in total. The summed E-state index contributed by atoms with van der Waals surface area (Å²) in [5.74, 6) is -1.85. The van der Waals surface area contributed by atoms with Gasteiger partial charge in [-0.15, -0.1) is 0 Å². The van der Waals surface area contributed by atoms with Crippen molar-refractivity contribution in [1.82, 2.24) is 0 Å². The van der Waals surface area contributed by atoms with Crippen LogP contribution in [0, 0.1) is 27.2 Å². The number of anilines is 1. The van der Waals surface area contributed by atoms with E-state index in [1.54, 1.807) is 0 Å². The smallest absolute Gasteiger partial charge is 0.275 e. The molecule has 0 radical (unpaired) electrons. The van der Waals surface area contributed by atoms with Crippen LogP contribution in [-0.2, 0) is 0 Å². The first-order valence-corrected chi connectivity index (χ1v) is 5.79. The molecule has 0 aromatic heterocycles. The van der Waals surface area contributed by atoms with Crippen molar-refractivity contribution in [2.45, 2.75) is 26.2 Å². The van der Waals surface area contributed by atoms with E-state index in [9.17, 15) is 18.9 Å². The predicted molar refractivity (Wildman–Crippen MR) is 63.5 cm³/mol. The summed E-state index contributed by atoms with van der Waals surface area (Å²) in [7, 11) is 0. The third-order valence-electron chi connectivity index (χ3n) is 3.49. The maximum absolute atomic E-state index is 13.6. The third kappa shape index (κ3) is 2.42. The van der Waals surface area contributed by atoms with Crippen LogP contribution in [0.15, 0.2) is 12.1 Å². The Kier molecular flexibility index (Phi) is 3.19. The molecule has 0 spiro atoms. The average molecular weight is 256 g/mol. The van der Waals surface area contributed by atoms with E-state index in [4.69, 9.17) is 0 Å². The van der Waals surface area contributed by atoms with Crippen LogP contribution in [0.1, 0.15) is 26.2 Å². The van der Waals surface area contributed by atoms with E-state index in [1.807, 2.05) is 6.92 Å². The lowest BCUT2D eigenvalue weighted by atomic mass is 9.70. The van der Waals surface area contributed by atoms with Gasteiger partial charge in [-0.25, -0.2) is 8.78 Å². The second-order valence-electron chi connectivity index (χ2n) is 5.06. The van der Waals surface area contributed by atoms with Crippen molar-refractivity contribution < 1.29 is 13.7 Å². The largest absolute Gasteiger partial charge is 0.380 e. The van der Waals surface area contributed by atoms with Gasteiger partial charge in [-0.05, 0) is 18.3 Å². The zero-order valence-corrected chi connectivity index (χ0v) is 10.0. The molecule has 1 aliphatic rings. The molecule has 0 saturated heterocycles. The molecular formula is C12H14F2N2O2. The minimum atomic E-state index is -0.926. The van der Waals surface area contributed by atoms with Gasteiger partial charge in [0.2, 0.25) is 0 Å². The molecule has 0 aliphatic heterocycles. The Bertz CT molecular complexity index is 464. The number of hydrogen-bond donors (Lipinski definition) is 1. The fourth-order valence-corrected chi connectivity index (χ4v) is 2.09. The van der Waals surface area contributed by atoms with Gasteiger partial charge in [0.05, 0.1) is 17.1 Å². The summed E-state index contributed by atoms with van der Waals surface area (Å²) in [5, 5.41) is 13.2. The Labute approximate surface area is 103 Å². The highest BCUT2D eigenvalue weighted by molar-refractivity contribution is 5.51. The SMILES string of the molecule is CC1(CNc2c(F)cc([N+](=O)[O-])cc2F)CCC1. The van der Waals surface area contributed by atoms with Crippen LogP contribution in [-0.4, -0.2) is 11.5 Å². The van der Waals surface area contributed by atoms with E-state index in [-0.39, 0.29) is 11.1 Å². The molecule has 1 aromatic rings. The molecule has 0 amide bonds. The molecule has 98 valence electrons. The van der Waals surface area contributed by atoms with Crippen molar-refractivity contribution in [3.05, 3.63) is 33.9 Å². The van der Waals surface area contributed by atoms with E-state index in [0.717, 1.165) is 31.4 Å². The summed E-state index contributed by atoms with van der Waals surface area (Å²) in [6.07, 6.45) is 3.18. The number of nitro benzene ring substituents is 1. The molecule has 1 aromatic carbocycles. The Hall–Kier alpha value is -1.72. The zero-order valence-electron chi connectivity index (χ0n) is 10.0. The van der Waals surface area contributed by atoms with Crippen molar-refractivity contribution in [3.8, 4) is 0 Å². The number of halogens is 2. The van der Waals surface area contributed by atoms with Crippen LogP contribution in [0.25, 0.3) is 0 Å². The molecule has 1 fully saturated rings. The lowest BCUT2D eigenvalue weighted by Crippen LogP contribution is -2.33. The standard InChI is InChI=1S/C12H14F2N2O2/c1-12(3-2-4-12)7-15-11-9(13)5-8(16(17)18)6-10(11)14/h5-6,15H,2-4,7H2,1H3. The topological polar surface area (TPSA) is 55.2 Å². The van der Waals surface area contributed by atoms with Crippen molar-refractivity contribution in [3.63, 3.8) is 0 Å². The van der Waals surface area contributed by atoms with Gasteiger partial charge in [0, 0.05) is 6.54 Å². The van der Waals surface area contributed by atoms with E-state index in [1.165, 1.54) is 0 Å². The van der Waals surface area contributed by atoms with Crippen LogP contribution in [0.5, 0.6) is 0 Å². The first kappa shape index (κ1) is 12.7. The quantitative estimate of drug-likeness (QED) is 0.662. The van der Waals surface area contributed by atoms with Gasteiger partial charge in [-0.1, -0.05) is 13.3 Å². The van der Waals surface area contributed by atoms with E-state index >= 15 is 0 Å². The molecule has 1 aliphatic carbocycles. The third-order valence-corrected chi connectivity index (χ3v) is 3.49. The summed E-state index contributed by atoms with van der Waals surface area (Å²) in [4.78, 5) is 9.62. The average Bonchev–Trinajstić information content (AvgIpc) is 2.25. The van der Waals surface area contributed by atoms with Crippen LogP contribution in [0.3, 0.4) is 0 Å². The molecular weight excluding hydrogens is 242 g/mol. The maximum Gasteiger partial charge on any atom is 0.275 e. The summed E-state index contributed by atoms with van der Waals surface area (Å²) < 4.78 is 27.1. The normalized spacial score (nSPS) is 17.1. The fourth-order valence-electron chi connectivity index (χ4n) is 2.09. The van der Waals surface area contributed by atoms with Gasteiger partial charge in [0.1, 0.15) is 5.69 Å². The lowest BCUT2D eigenvalue weighted by Gasteiger charge is -2.38. The first-order chi connectivity index (χ1) is 8.41. The Morgan fingerprint density at radius 3 is 2.33 bits per heavy atom. The molecule has 0 bridgehead atoms. The molecule has 18 heavy (non-hydrogen) atoms. The van der Waals surface area contributed by atoms with Gasteiger partial charge in [-0.2, -0.15) is 0 Å². The van der Waals surface area contributed by atoms with Crippen LogP contribution >= 0.6 is 0 Å². The summed E-state index contributed by atoms with van der Waals surface area (Å²) in [5.41, 5.74) is -0.792. The second kappa shape index (κ2) is 4.51. The summed E-state index contributed by atoms with van der Waals surface area (Å²) in [6, 6.07) is 1.46. The first-order valence-electron chi connectivity index (χ1n) is 5.79. The number of hydrogen-bond acceptors (Lipinski definition) is 3. The monoisotopic (exact) mass is 256 g/mol. The highest BCUT2D eigenvalue weighted by atomic mass is 19.1. The number of nitro groups is 1. The molecule has 4 nitrogen and oxygen atoms in total. The maximum atomic E-state index is 13.6. The molecule has 0 heterocycles. The Morgan fingerprint density at radius 1 is 1.39 bits per heavy atom. The number of benzene rings is 1. The number of rotatable bonds is 4. The number of nitrogens with zero attached hydrogens (tertiary/aromatic N) is 1. The van der Waals surface area contributed by atoms with E-state index < -0.39 is 22.2 Å². The Balaban J connectivity index is 2.15. The second-order valence-corrected chi connectivity index (χ2v) is 5.06. The van der Waals surface area contributed by atoms with Gasteiger partial charge in [0.15, 0.2) is 11.6 Å². The zero-order chi connectivity index (χ0) is 13.3. The summed E-state index contributed by atoms with van der Waals surface area (Å²) >= 11 is 0. The highest BCUT2D eigenvalue weighted by Crippen LogP contribution is 2.40. The van der Waals surface area contributed by atoms with Crippen LogP contribution < -0.4 is 5.32 Å². The lowest BCUT2D eigenvalue weighted by molar-refractivity contribution is -0.385. The van der Waals surface area contributed by atoms with Gasteiger partial charge >= 0.3 is 0 Å². The molecule has 1 saturated carbocycles. The fraction of sp³-hybridized carbons (Fsp3) is 0.500. The summed E-state index contributed by atoms with van der Waals surface area (Å²) in [6.45, 7) is 2.52. The molecule has 0 unspecified atom stereocenters. The van der Waals surface area contributed by atoms with E-state index in [0.29, 0.717) is 6.54 Å². The van der Waals surface area contributed by atoms with Gasteiger partial charge in [-0.3, -0.25) is 10.1 Å². The number of non-ortho nitro benzene ring substituents is 1. The van der Waals surface area contributed by atoms with Crippen LogP contribution in [0.4, 0.5) is 20.2 Å². The van der Waals surface area contributed by atoms with Crippen molar-refractivity contribution in [2.24, 2.45) is 5.41 Å². The van der Waals surface area contributed by atoms with Crippen LogP contribution in [0.2, 0.25) is 0 Å². The van der Waals surface area contributed by atoms with E-state index in [2.05, 4.69) is 5.32 Å². The minimum absolute atomic E-state index is 0.0701. The van der Waals surface area contributed by atoms with Gasteiger partial charge < -0.3 is 5.32 Å². The van der Waals surface area contributed by atoms with Crippen molar-refractivity contribution in [2.75, 3.05) is 11.9 Å². The number of nitrogens with one attached hydrogen (secondary N) is 1. The molecule has 2 rings (SSSR count). The highest BCUT2D eigenvalue weighted by Gasteiger charge is 2.32. The van der Waals surface area contributed by atoms with Crippen molar-refractivity contribution in [1.29, 1.82) is 0 Å². The van der Waals surface area contributed by atoms with Gasteiger partial charge in [0.25, 0.3) is 5.69 Å². The molecule has 0 atom stereocenters. The minimum Gasteiger partial charge on any atom is -0.380 e.